The number of morpholine rings is 1. The summed E-state index contributed by atoms with van der Waals surface area (Å²) in [5.41, 5.74) is 1.27. The molecular formula is C14H21N3O. The minimum Gasteiger partial charge on any atom is -0.371 e. The van der Waals surface area contributed by atoms with Gasteiger partial charge in [0, 0.05) is 37.6 Å². The van der Waals surface area contributed by atoms with Crippen molar-refractivity contribution >= 4 is 11.5 Å². The minimum absolute atomic E-state index is 0.434. The van der Waals surface area contributed by atoms with Crippen molar-refractivity contribution < 1.29 is 4.74 Å². The van der Waals surface area contributed by atoms with Crippen molar-refractivity contribution in [3.63, 3.8) is 0 Å². The number of hydrogen-bond donors (Lipinski definition) is 1. The van der Waals surface area contributed by atoms with Gasteiger partial charge in [0.25, 0.3) is 0 Å². The third-order valence-electron chi connectivity index (χ3n) is 3.71. The van der Waals surface area contributed by atoms with Gasteiger partial charge >= 0.3 is 0 Å². The molecule has 2 atom stereocenters. The first-order chi connectivity index (χ1) is 8.85. The molecule has 0 radical (unpaired) electrons. The Morgan fingerprint density at radius 3 is 2.89 bits per heavy atom. The van der Waals surface area contributed by atoms with E-state index in [1.807, 2.05) is 6.20 Å². The maximum atomic E-state index is 5.87. The highest BCUT2D eigenvalue weighted by atomic mass is 16.5. The summed E-state index contributed by atoms with van der Waals surface area (Å²) in [4.78, 5) is 6.79. The van der Waals surface area contributed by atoms with Crippen LogP contribution in [-0.2, 0) is 4.74 Å². The number of anilines is 2. The first-order valence-corrected chi connectivity index (χ1v) is 6.95. The lowest BCUT2D eigenvalue weighted by atomic mass is 10.2. The largest absolute Gasteiger partial charge is 0.371 e. The molecule has 3 heterocycles. The molecule has 0 aliphatic carbocycles. The molecule has 2 bridgehead atoms. The summed E-state index contributed by atoms with van der Waals surface area (Å²) < 4.78 is 5.87. The van der Waals surface area contributed by atoms with Crippen molar-refractivity contribution in [3.8, 4) is 0 Å². The summed E-state index contributed by atoms with van der Waals surface area (Å²) in [6, 6.07) is 4.25. The number of pyridine rings is 1. The fourth-order valence-corrected chi connectivity index (χ4v) is 2.79. The van der Waals surface area contributed by atoms with Gasteiger partial charge in [0.1, 0.15) is 5.82 Å². The second-order valence-electron chi connectivity index (χ2n) is 5.19. The van der Waals surface area contributed by atoms with E-state index in [2.05, 4.69) is 34.3 Å². The Balaban J connectivity index is 1.71. The molecule has 98 valence electrons. The molecule has 0 amide bonds. The first-order valence-electron chi connectivity index (χ1n) is 6.95. The lowest BCUT2D eigenvalue weighted by Crippen LogP contribution is -2.42. The molecule has 1 aromatic rings. The maximum Gasteiger partial charge on any atom is 0.127 e. The fourth-order valence-electron chi connectivity index (χ4n) is 2.79. The minimum atomic E-state index is 0.434. The quantitative estimate of drug-likeness (QED) is 0.885. The van der Waals surface area contributed by atoms with Crippen LogP contribution >= 0.6 is 0 Å². The Morgan fingerprint density at radius 1 is 1.39 bits per heavy atom. The van der Waals surface area contributed by atoms with E-state index in [4.69, 9.17) is 4.74 Å². The highest BCUT2D eigenvalue weighted by Gasteiger charge is 2.33. The average Bonchev–Trinajstić information content (AvgIpc) is 2.75. The Kier molecular flexibility index (Phi) is 3.37. The lowest BCUT2D eigenvalue weighted by molar-refractivity contribution is 0.0305. The van der Waals surface area contributed by atoms with Crippen LogP contribution in [0.2, 0.25) is 0 Å². The number of nitrogens with one attached hydrogen (secondary N) is 1. The molecule has 0 saturated carbocycles. The van der Waals surface area contributed by atoms with Gasteiger partial charge in [0.15, 0.2) is 0 Å². The van der Waals surface area contributed by atoms with Gasteiger partial charge in [-0.05, 0) is 25.3 Å². The van der Waals surface area contributed by atoms with Gasteiger partial charge < -0.3 is 15.0 Å². The van der Waals surface area contributed by atoms with E-state index >= 15 is 0 Å². The number of ether oxygens (including phenoxy) is 1. The van der Waals surface area contributed by atoms with Crippen LogP contribution < -0.4 is 10.2 Å². The summed E-state index contributed by atoms with van der Waals surface area (Å²) in [5.74, 6) is 0.980. The third-order valence-corrected chi connectivity index (χ3v) is 3.71. The van der Waals surface area contributed by atoms with E-state index in [1.165, 1.54) is 18.5 Å². The molecule has 0 aromatic carbocycles. The SMILES string of the molecule is CCCNc1cc(N2CC3CCC(C2)O3)ccn1. The Morgan fingerprint density at radius 2 is 2.17 bits per heavy atom. The van der Waals surface area contributed by atoms with Crippen molar-refractivity contribution in [3.05, 3.63) is 18.3 Å². The van der Waals surface area contributed by atoms with Gasteiger partial charge in [-0.2, -0.15) is 0 Å². The number of fused-ring (bicyclic) bond motifs is 2. The second kappa shape index (κ2) is 5.14. The van der Waals surface area contributed by atoms with Gasteiger partial charge in [0.05, 0.1) is 12.2 Å². The van der Waals surface area contributed by atoms with Gasteiger partial charge in [0.2, 0.25) is 0 Å². The lowest BCUT2D eigenvalue weighted by Gasteiger charge is -2.33. The van der Waals surface area contributed by atoms with E-state index < -0.39 is 0 Å². The Bertz CT molecular complexity index is 398. The van der Waals surface area contributed by atoms with Gasteiger partial charge in [-0.1, -0.05) is 6.92 Å². The number of rotatable bonds is 4. The summed E-state index contributed by atoms with van der Waals surface area (Å²) >= 11 is 0. The number of nitrogens with zero attached hydrogens (tertiary/aromatic N) is 2. The summed E-state index contributed by atoms with van der Waals surface area (Å²) in [7, 11) is 0. The van der Waals surface area contributed by atoms with E-state index in [0.717, 1.165) is 31.9 Å². The second-order valence-corrected chi connectivity index (χ2v) is 5.19. The van der Waals surface area contributed by atoms with Crippen molar-refractivity contribution in [1.82, 2.24) is 4.98 Å². The summed E-state index contributed by atoms with van der Waals surface area (Å²) in [6.45, 7) is 5.18. The molecule has 18 heavy (non-hydrogen) atoms. The van der Waals surface area contributed by atoms with Gasteiger partial charge in [-0.15, -0.1) is 0 Å². The number of hydrogen-bond acceptors (Lipinski definition) is 4. The predicted octanol–water partition coefficient (Wildman–Crippen LogP) is 2.27. The molecule has 2 fully saturated rings. The van der Waals surface area contributed by atoms with Crippen molar-refractivity contribution in [2.75, 3.05) is 29.9 Å². The number of aromatic nitrogens is 1. The molecular weight excluding hydrogens is 226 g/mol. The molecule has 1 aromatic heterocycles. The van der Waals surface area contributed by atoms with Gasteiger partial charge in [-0.3, -0.25) is 0 Å². The standard InChI is InChI=1S/C14H21N3O/c1-2-6-15-14-8-11(5-7-16-14)17-9-12-3-4-13(10-17)18-12/h5,7-8,12-13H,2-4,6,9-10H2,1H3,(H,15,16). The van der Waals surface area contributed by atoms with Crippen LogP contribution in [0.1, 0.15) is 26.2 Å². The molecule has 3 rings (SSSR count). The third kappa shape index (κ3) is 2.43. The normalized spacial score (nSPS) is 26.4. The summed E-state index contributed by atoms with van der Waals surface area (Å²) in [6.07, 6.45) is 6.31. The molecule has 1 N–H and O–H groups in total. The van der Waals surface area contributed by atoms with E-state index in [1.54, 1.807) is 0 Å². The van der Waals surface area contributed by atoms with Crippen LogP contribution in [0, 0.1) is 0 Å². The van der Waals surface area contributed by atoms with Crippen LogP contribution in [-0.4, -0.2) is 36.8 Å². The molecule has 4 nitrogen and oxygen atoms in total. The zero-order valence-electron chi connectivity index (χ0n) is 10.9. The molecule has 2 aliphatic heterocycles. The van der Waals surface area contributed by atoms with E-state index in [9.17, 15) is 0 Å². The van der Waals surface area contributed by atoms with Crippen molar-refractivity contribution in [1.29, 1.82) is 0 Å². The fraction of sp³-hybridized carbons (Fsp3) is 0.643. The van der Waals surface area contributed by atoms with Crippen LogP contribution in [0.3, 0.4) is 0 Å². The van der Waals surface area contributed by atoms with Gasteiger partial charge in [-0.25, -0.2) is 4.98 Å². The monoisotopic (exact) mass is 247 g/mol. The maximum absolute atomic E-state index is 5.87. The molecule has 2 saturated heterocycles. The van der Waals surface area contributed by atoms with Crippen LogP contribution in [0.25, 0.3) is 0 Å². The highest BCUT2D eigenvalue weighted by molar-refractivity contribution is 5.54. The molecule has 2 unspecified atom stereocenters. The first kappa shape index (κ1) is 11.8. The molecule has 4 heteroatoms. The van der Waals surface area contributed by atoms with Crippen molar-refractivity contribution in [2.45, 2.75) is 38.4 Å². The van der Waals surface area contributed by atoms with E-state index in [-0.39, 0.29) is 0 Å². The van der Waals surface area contributed by atoms with Crippen LogP contribution in [0.5, 0.6) is 0 Å². The molecule has 2 aliphatic rings. The summed E-state index contributed by atoms with van der Waals surface area (Å²) in [5, 5.41) is 3.34. The van der Waals surface area contributed by atoms with E-state index in [0.29, 0.717) is 12.2 Å². The zero-order valence-corrected chi connectivity index (χ0v) is 10.9. The zero-order chi connectivity index (χ0) is 12.4. The smallest absolute Gasteiger partial charge is 0.127 e. The Labute approximate surface area is 108 Å². The average molecular weight is 247 g/mol. The van der Waals surface area contributed by atoms with Crippen LogP contribution in [0.15, 0.2) is 18.3 Å². The topological polar surface area (TPSA) is 37.4 Å². The molecule has 0 spiro atoms. The van der Waals surface area contributed by atoms with Crippen molar-refractivity contribution in [2.24, 2.45) is 0 Å². The highest BCUT2D eigenvalue weighted by Crippen LogP contribution is 2.30. The van der Waals surface area contributed by atoms with Crippen LogP contribution in [0.4, 0.5) is 11.5 Å². The predicted molar refractivity (Wildman–Crippen MR) is 73.1 cm³/mol. The Hall–Kier alpha value is -1.29.